The quantitative estimate of drug-likeness (QED) is 0.273. The molecule has 0 aliphatic rings. The van der Waals surface area contributed by atoms with E-state index in [1.54, 1.807) is 6.08 Å². The fourth-order valence-corrected chi connectivity index (χ4v) is 2.07. The van der Waals surface area contributed by atoms with Gasteiger partial charge in [-0.05, 0) is 28.7 Å². The molecule has 0 spiro atoms. The molecule has 2 aromatic rings. The van der Waals surface area contributed by atoms with Gasteiger partial charge in [-0.25, -0.2) is 4.79 Å². The minimum absolute atomic E-state index is 0.0726. The summed E-state index contributed by atoms with van der Waals surface area (Å²) in [6.07, 6.45) is 2.94. The lowest BCUT2D eigenvalue weighted by molar-refractivity contribution is -0.384. The van der Waals surface area contributed by atoms with E-state index in [9.17, 15) is 14.9 Å². The largest absolute Gasteiger partial charge is 0.423 e. The third-order valence-electron chi connectivity index (χ3n) is 3.44. The Morgan fingerprint density at radius 1 is 1.12 bits per heavy atom. The molecule has 0 atom stereocenters. The van der Waals surface area contributed by atoms with E-state index in [4.69, 9.17) is 4.74 Å². The minimum Gasteiger partial charge on any atom is -0.423 e. The molecule has 2 rings (SSSR count). The van der Waals surface area contributed by atoms with Gasteiger partial charge in [0.25, 0.3) is 5.69 Å². The summed E-state index contributed by atoms with van der Waals surface area (Å²) in [5.41, 5.74) is 2.03. The predicted molar refractivity (Wildman–Crippen MR) is 92.9 cm³/mol. The second-order valence-electron chi connectivity index (χ2n) is 6.38. The van der Waals surface area contributed by atoms with E-state index in [0.29, 0.717) is 0 Å². The predicted octanol–water partition coefficient (Wildman–Crippen LogP) is 4.51. The summed E-state index contributed by atoms with van der Waals surface area (Å²) >= 11 is 0. The van der Waals surface area contributed by atoms with E-state index < -0.39 is 10.9 Å². The van der Waals surface area contributed by atoms with Crippen molar-refractivity contribution >= 4 is 17.7 Å². The Labute approximate surface area is 140 Å². The molecule has 0 N–H and O–H groups in total. The van der Waals surface area contributed by atoms with Crippen LogP contribution in [0.2, 0.25) is 0 Å². The monoisotopic (exact) mass is 325 g/mol. The van der Waals surface area contributed by atoms with Crippen molar-refractivity contribution in [2.75, 3.05) is 0 Å². The fourth-order valence-electron chi connectivity index (χ4n) is 2.07. The van der Waals surface area contributed by atoms with Crippen molar-refractivity contribution in [1.29, 1.82) is 0 Å². The Kier molecular flexibility index (Phi) is 5.14. The highest BCUT2D eigenvalue weighted by molar-refractivity contribution is 5.88. The molecule has 0 radical (unpaired) electrons. The van der Waals surface area contributed by atoms with Crippen molar-refractivity contribution in [3.8, 4) is 5.75 Å². The highest BCUT2D eigenvalue weighted by atomic mass is 16.6. The van der Waals surface area contributed by atoms with E-state index in [1.807, 2.05) is 24.3 Å². The number of hydrogen-bond acceptors (Lipinski definition) is 4. The Morgan fingerprint density at radius 2 is 1.79 bits per heavy atom. The first-order valence-corrected chi connectivity index (χ1v) is 7.50. The average Bonchev–Trinajstić information content (AvgIpc) is 2.53. The van der Waals surface area contributed by atoms with Gasteiger partial charge in [-0.3, -0.25) is 10.1 Å². The van der Waals surface area contributed by atoms with Gasteiger partial charge in [0.05, 0.1) is 11.0 Å². The van der Waals surface area contributed by atoms with Gasteiger partial charge in [0.1, 0.15) is 5.75 Å². The molecule has 0 heterocycles. The maximum Gasteiger partial charge on any atom is 0.336 e. The molecule has 124 valence electrons. The van der Waals surface area contributed by atoms with E-state index >= 15 is 0 Å². The summed E-state index contributed by atoms with van der Waals surface area (Å²) in [6, 6.07) is 13.4. The van der Waals surface area contributed by atoms with Crippen molar-refractivity contribution in [1.82, 2.24) is 0 Å². The lowest BCUT2D eigenvalue weighted by Gasteiger charge is -2.18. The van der Waals surface area contributed by atoms with Crippen LogP contribution in [-0.4, -0.2) is 10.9 Å². The van der Waals surface area contributed by atoms with Crippen LogP contribution in [-0.2, 0) is 10.2 Å². The van der Waals surface area contributed by atoms with E-state index in [1.165, 1.54) is 35.9 Å². The molecule has 0 saturated heterocycles. The average molecular weight is 325 g/mol. The highest BCUT2D eigenvalue weighted by Crippen LogP contribution is 2.22. The van der Waals surface area contributed by atoms with Crippen LogP contribution in [0.3, 0.4) is 0 Å². The highest BCUT2D eigenvalue weighted by Gasteiger charge is 2.12. The first kappa shape index (κ1) is 17.4. The van der Waals surface area contributed by atoms with Gasteiger partial charge >= 0.3 is 5.97 Å². The Hall–Kier alpha value is -2.95. The Morgan fingerprint density at radius 3 is 2.38 bits per heavy atom. The van der Waals surface area contributed by atoms with Gasteiger partial charge in [0.15, 0.2) is 0 Å². The summed E-state index contributed by atoms with van der Waals surface area (Å²) in [6.45, 7) is 6.40. The van der Waals surface area contributed by atoms with E-state index in [0.717, 1.165) is 5.56 Å². The lowest BCUT2D eigenvalue weighted by atomic mass is 9.87. The van der Waals surface area contributed by atoms with Gasteiger partial charge in [-0.1, -0.05) is 51.1 Å². The SMILES string of the molecule is CC(C)(C)c1ccc(C=CC(=O)Oc2cccc([N+](=O)[O-])c2)cc1. The second-order valence-corrected chi connectivity index (χ2v) is 6.38. The molecule has 0 fully saturated rings. The van der Waals surface area contributed by atoms with Crippen LogP contribution in [0.25, 0.3) is 6.08 Å². The number of carbonyl (C=O) groups excluding carboxylic acids is 1. The lowest BCUT2D eigenvalue weighted by Crippen LogP contribution is -2.10. The number of esters is 1. The molecule has 0 aliphatic carbocycles. The van der Waals surface area contributed by atoms with Gasteiger partial charge < -0.3 is 4.74 Å². The van der Waals surface area contributed by atoms with E-state index in [2.05, 4.69) is 20.8 Å². The van der Waals surface area contributed by atoms with Crippen LogP contribution in [0.15, 0.2) is 54.6 Å². The molecule has 0 amide bonds. The minimum atomic E-state index is -0.588. The molecule has 0 saturated carbocycles. The van der Waals surface area contributed by atoms with Crippen LogP contribution in [0.1, 0.15) is 31.9 Å². The summed E-state index contributed by atoms with van der Waals surface area (Å²) in [5.74, 6) is -0.447. The third-order valence-corrected chi connectivity index (χ3v) is 3.44. The van der Waals surface area contributed by atoms with Gasteiger partial charge in [-0.15, -0.1) is 0 Å². The molecular weight excluding hydrogens is 306 g/mol. The van der Waals surface area contributed by atoms with Gasteiger partial charge in [0.2, 0.25) is 0 Å². The third kappa shape index (κ3) is 4.78. The molecule has 0 aromatic heterocycles. The number of rotatable bonds is 4. The summed E-state index contributed by atoms with van der Waals surface area (Å²) < 4.78 is 5.07. The fraction of sp³-hybridized carbons (Fsp3) is 0.211. The topological polar surface area (TPSA) is 69.4 Å². The first-order valence-electron chi connectivity index (χ1n) is 7.50. The molecule has 5 nitrogen and oxygen atoms in total. The maximum atomic E-state index is 11.8. The Balaban J connectivity index is 2.03. The maximum absolute atomic E-state index is 11.8. The number of non-ortho nitro benzene ring substituents is 1. The number of nitrogens with zero attached hydrogens (tertiary/aromatic N) is 1. The molecule has 0 bridgehead atoms. The zero-order valence-corrected chi connectivity index (χ0v) is 13.9. The second kappa shape index (κ2) is 7.08. The van der Waals surface area contributed by atoms with Gasteiger partial charge in [0, 0.05) is 12.1 Å². The smallest absolute Gasteiger partial charge is 0.336 e. The summed E-state index contributed by atoms with van der Waals surface area (Å²) in [7, 11) is 0. The Bertz CT molecular complexity index is 771. The van der Waals surface area contributed by atoms with Crippen LogP contribution in [0.4, 0.5) is 5.69 Å². The standard InChI is InChI=1S/C19H19NO4/c1-19(2,3)15-10-7-14(8-11-15)9-12-18(21)24-17-6-4-5-16(13-17)20(22)23/h4-13H,1-3H3. The zero-order valence-electron chi connectivity index (χ0n) is 13.9. The van der Waals surface area contributed by atoms with Crippen molar-refractivity contribution in [3.63, 3.8) is 0 Å². The number of hydrogen-bond donors (Lipinski definition) is 0. The molecular formula is C19H19NO4. The molecule has 0 aliphatic heterocycles. The molecule has 24 heavy (non-hydrogen) atoms. The van der Waals surface area contributed by atoms with Crippen molar-refractivity contribution in [3.05, 3.63) is 75.8 Å². The summed E-state index contributed by atoms with van der Waals surface area (Å²) in [4.78, 5) is 22.0. The number of nitro groups is 1. The molecule has 2 aromatic carbocycles. The van der Waals surface area contributed by atoms with Crippen molar-refractivity contribution in [2.45, 2.75) is 26.2 Å². The summed E-state index contributed by atoms with van der Waals surface area (Å²) in [5, 5.41) is 10.7. The molecule has 0 unspecified atom stereocenters. The van der Waals surface area contributed by atoms with Crippen molar-refractivity contribution < 1.29 is 14.5 Å². The van der Waals surface area contributed by atoms with Crippen LogP contribution < -0.4 is 4.74 Å². The van der Waals surface area contributed by atoms with Crippen molar-refractivity contribution in [2.24, 2.45) is 0 Å². The number of ether oxygens (including phenoxy) is 1. The normalized spacial score (nSPS) is 11.5. The molecule has 5 heteroatoms. The number of carbonyl (C=O) groups is 1. The zero-order chi connectivity index (χ0) is 17.7. The van der Waals surface area contributed by atoms with Crippen LogP contribution >= 0.6 is 0 Å². The number of benzene rings is 2. The first-order chi connectivity index (χ1) is 11.3. The van der Waals surface area contributed by atoms with Crippen LogP contribution in [0, 0.1) is 10.1 Å². The van der Waals surface area contributed by atoms with Gasteiger partial charge in [-0.2, -0.15) is 0 Å². The van der Waals surface area contributed by atoms with Crippen LogP contribution in [0.5, 0.6) is 5.75 Å². The van der Waals surface area contributed by atoms with E-state index in [-0.39, 0.29) is 16.9 Å². The number of nitro benzene ring substituents is 1.